The van der Waals surface area contributed by atoms with Crippen LogP contribution in [0.3, 0.4) is 0 Å². The molecular formula is C13H12ClN3OS. The van der Waals surface area contributed by atoms with Crippen LogP contribution in [0.15, 0.2) is 51.5 Å². The molecule has 0 amide bonds. The highest BCUT2D eigenvalue weighted by Crippen LogP contribution is 2.29. The van der Waals surface area contributed by atoms with Crippen LogP contribution in [-0.4, -0.2) is 16.0 Å². The van der Waals surface area contributed by atoms with Crippen LogP contribution in [0.2, 0.25) is 5.02 Å². The number of nitrogens with two attached hydrogens (primary N) is 1. The molecule has 1 aromatic carbocycles. The summed E-state index contributed by atoms with van der Waals surface area (Å²) in [7, 11) is 0. The second-order valence-electron chi connectivity index (χ2n) is 3.85. The van der Waals surface area contributed by atoms with Gasteiger partial charge in [-0.3, -0.25) is 0 Å². The molecule has 6 heteroatoms. The molecule has 0 saturated heterocycles. The number of pyridine rings is 1. The predicted octanol–water partition coefficient (Wildman–Crippen LogP) is 3.29. The van der Waals surface area contributed by atoms with Gasteiger partial charge in [-0.2, -0.15) is 0 Å². The lowest BCUT2D eigenvalue weighted by molar-refractivity contribution is 0.318. The summed E-state index contributed by atoms with van der Waals surface area (Å²) in [6, 6.07) is 11.0. The number of rotatable bonds is 3. The lowest BCUT2D eigenvalue weighted by atomic mass is 10.2. The van der Waals surface area contributed by atoms with Crippen LogP contribution >= 0.6 is 23.4 Å². The first-order valence-corrected chi connectivity index (χ1v) is 6.68. The van der Waals surface area contributed by atoms with Crippen molar-refractivity contribution in [3.05, 3.63) is 52.7 Å². The lowest BCUT2D eigenvalue weighted by Crippen LogP contribution is -2.15. The first-order valence-electron chi connectivity index (χ1n) is 5.49. The standard InChI is InChI=1S/C13H12ClN3OS/c1-8-2-7-11(12(15)17-18)13(16-8)19-10-5-3-9(14)4-6-10/h2-7,18H,1H3,(H2,15,17). The molecule has 0 bridgehead atoms. The highest BCUT2D eigenvalue weighted by Gasteiger charge is 2.10. The number of nitrogens with zero attached hydrogens (tertiary/aromatic N) is 2. The Balaban J connectivity index is 2.38. The summed E-state index contributed by atoms with van der Waals surface area (Å²) in [6.45, 7) is 1.89. The second kappa shape index (κ2) is 5.95. The SMILES string of the molecule is Cc1ccc(C(N)=NO)c(Sc2ccc(Cl)cc2)n1. The molecular weight excluding hydrogens is 282 g/mol. The molecule has 98 valence electrons. The van der Waals surface area contributed by atoms with E-state index >= 15 is 0 Å². The summed E-state index contributed by atoms with van der Waals surface area (Å²) < 4.78 is 0. The molecule has 0 atom stereocenters. The topological polar surface area (TPSA) is 71.5 Å². The Morgan fingerprint density at radius 3 is 2.58 bits per heavy atom. The monoisotopic (exact) mass is 293 g/mol. The van der Waals surface area contributed by atoms with Gasteiger partial charge in [0, 0.05) is 15.6 Å². The minimum absolute atomic E-state index is 0.0453. The molecule has 2 rings (SSSR count). The van der Waals surface area contributed by atoms with Crippen molar-refractivity contribution >= 4 is 29.2 Å². The van der Waals surface area contributed by atoms with Crippen LogP contribution in [0, 0.1) is 6.92 Å². The van der Waals surface area contributed by atoms with Gasteiger partial charge in [-0.1, -0.05) is 28.5 Å². The Kier molecular flexibility index (Phi) is 4.29. The van der Waals surface area contributed by atoms with E-state index in [2.05, 4.69) is 10.1 Å². The van der Waals surface area contributed by atoms with E-state index in [1.807, 2.05) is 37.3 Å². The summed E-state index contributed by atoms with van der Waals surface area (Å²) in [4.78, 5) is 5.40. The first kappa shape index (κ1) is 13.7. The summed E-state index contributed by atoms with van der Waals surface area (Å²) >= 11 is 7.29. The quantitative estimate of drug-likeness (QED) is 0.394. The molecule has 0 aliphatic carbocycles. The van der Waals surface area contributed by atoms with E-state index in [9.17, 15) is 0 Å². The smallest absolute Gasteiger partial charge is 0.172 e. The van der Waals surface area contributed by atoms with Gasteiger partial charge in [0.05, 0.1) is 5.56 Å². The van der Waals surface area contributed by atoms with Gasteiger partial charge < -0.3 is 10.9 Å². The van der Waals surface area contributed by atoms with Gasteiger partial charge >= 0.3 is 0 Å². The van der Waals surface area contributed by atoms with E-state index in [4.69, 9.17) is 22.5 Å². The molecule has 0 aliphatic rings. The van der Waals surface area contributed by atoms with Gasteiger partial charge in [0.15, 0.2) is 5.84 Å². The van der Waals surface area contributed by atoms with Gasteiger partial charge in [0.2, 0.25) is 0 Å². The number of aromatic nitrogens is 1. The van der Waals surface area contributed by atoms with E-state index in [1.54, 1.807) is 6.07 Å². The maximum absolute atomic E-state index is 8.79. The number of halogens is 1. The third kappa shape index (κ3) is 3.39. The molecule has 3 N–H and O–H groups in total. The van der Waals surface area contributed by atoms with Crippen LogP contribution in [0.25, 0.3) is 0 Å². The van der Waals surface area contributed by atoms with Crippen molar-refractivity contribution in [2.45, 2.75) is 16.8 Å². The van der Waals surface area contributed by atoms with Crippen molar-refractivity contribution in [2.75, 3.05) is 0 Å². The third-order valence-corrected chi connectivity index (χ3v) is 3.68. The van der Waals surface area contributed by atoms with Crippen LogP contribution in [-0.2, 0) is 0 Å². The van der Waals surface area contributed by atoms with Crippen LogP contribution in [0.4, 0.5) is 0 Å². The zero-order chi connectivity index (χ0) is 13.8. The molecule has 1 aromatic heterocycles. The summed E-state index contributed by atoms with van der Waals surface area (Å²) in [5.41, 5.74) is 7.12. The van der Waals surface area contributed by atoms with Gasteiger partial charge in [-0.25, -0.2) is 4.98 Å². The summed E-state index contributed by atoms with van der Waals surface area (Å²) in [5, 5.41) is 13.2. The van der Waals surface area contributed by atoms with Crippen molar-refractivity contribution in [3.8, 4) is 0 Å². The minimum Gasteiger partial charge on any atom is -0.409 e. The Morgan fingerprint density at radius 2 is 1.95 bits per heavy atom. The Labute approximate surface area is 120 Å². The average Bonchev–Trinajstić information content (AvgIpc) is 2.41. The van der Waals surface area contributed by atoms with E-state index in [-0.39, 0.29) is 5.84 Å². The van der Waals surface area contributed by atoms with Crippen molar-refractivity contribution in [1.82, 2.24) is 4.98 Å². The zero-order valence-corrected chi connectivity index (χ0v) is 11.7. The third-order valence-electron chi connectivity index (χ3n) is 2.41. The molecule has 0 aliphatic heterocycles. The Hall–Kier alpha value is -1.72. The van der Waals surface area contributed by atoms with Crippen LogP contribution in [0.1, 0.15) is 11.3 Å². The number of amidine groups is 1. The van der Waals surface area contributed by atoms with Crippen LogP contribution in [0.5, 0.6) is 0 Å². The molecule has 0 fully saturated rings. The van der Waals surface area contributed by atoms with Crippen molar-refractivity contribution in [2.24, 2.45) is 10.9 Å². The molecule has 2 aromatic rings. The fraction of sp³-hybridized carbons (Fsp3) is 0.0769. The van der Waals surface area contributed by atoms with E-state index in [1.165, 1.54) is 11.8 Å². The van der Waals surface area contributed by atoms with Crippen molar-refractivity contribution in [1.29, 1.82) is 0 Å². The van der Waals surface area contributed by atoms with E-state index in [0.717, 1.165) is 10.6 Å². The van der Waals surface area contributed by atoms with Crippen LogP contribution < -0.4 is 5.73 Å². The molecule has 0 unspecified atom stereocenters. The largest absolute Gasteiger partial charge is 0.409 e. The second-order valence-corrected chi connectivity index (χ2v) is 5.35. The minimum atomic E-state index is 0.0453. The van der Waals surface area contributed by atoms with Gasteiger partial charge in [0.25, 0.3) is 0 Å². The molecule has 0 saturated carbocycles. The van der Waals surface area contributed by atoms with E-state index < -0.39 is 0 Å². The number of oxime groups is 1. The summed E-state index contributed by atoms with van der Waals surface area (Å²) in [5.74, 6) is 0.0453. The maximum atomic E-state index is 8.79. The van der Waals surface area contributed by atoms with Gasteiger partial charge in [0.1, 0.15) is 5.03 Å². The average molecular weight is 294 g/mol. The number of hydrogen-bond acceptors (Lipinski definition) is 4. The van der Waals surface area contributed by atoms with Gasteiger partial charge in [-0.15, -0.1) is 0 Å². The Bertz CT molecular complexity index is 614. The normalized spacial score (nSPS) is 11.6. The highest BCUT2D eigenvalue weighted by atomic mass is 35.5. The van der Waals surface area contributed by atoms with Gasteiger partial charge in [-0.05, 0) is 43.3 Å². The Morgan fingerprint density at radius 1 is 1.26 bits per heavy atom. The molecule has 4 nitrogen and oxygen atoms in total. The molecule has 0 radical (unpaired) electrons. The summed E-state index contributed by atoms with van der Waals surface area (Å²) in [6.07, 6.45) is 0. The number of hydrogen-bond donors (Lipinski definition) is 2. The zero-order valence-electron chi connectivity index (χ0n) is 10.2. The number of aryl methyl sites for hydroxylation is 1. The number of benzene rings is 1. The maximum Gasteiger partial charge on any atom is 0.172 e. The predicted molar refractivity (Wildman–Crippen MR) is 77.1 cm³/mol. The fourth-order valence-electron chi connectivity index (χ4n) is 1.47. The van der Waals surface area contributed by atoms with Crippen molar-refractivity contribution in [3.63, 3.8) is 0 Å². The highest BCUT2D eigenvalue weighted by molar-refractivity contribution is 7.99. The first-order chi connectivity index (χ1) is 9.10. The molecule has 0 spiro atoms. The van der Waals surface area contributed by atoms with E-state index in [0.29, 0.717) is 15.6 Å². The molecule has 1 heterocycles. The lowest BCUT2D eigenvalue weighted by Gasteiger charge is -2.08. The molecule has 19 heavy (non-hydrogen) atoms. The fourth-order valence-corrected chi connectivity index (χ4v) is 2.57. The van der Waals surface area contributed by atoms with Crippen molar-refractivity contribution < 1.29 is 5.21 Å².